The zero-order valence-corrected chi connectivity index (χ0v) is 18.1. The van der Waals surface area contributed by atoms with Crippen LogP contribution >= 0.6 is 0 Å². The van der Waals surface area contributed by atoms with Crippen LogP contribution in [-0.4, -0.2) is 24.4 Å². The molecule has 0 aliphatic heterocycles. The molecule has 1 aliphatic rings. The minimum Gasteiger partial charge on any atom is -0.491 e. The first-order valence-electron chi connectivity index (χ1n) is 10.2. The molecule has 4 nitrogen and oxygen atoms in total. The zero-order valence-electron chi connectivity index (χ0n) is 18.1. The second-order valence-electron chi connectivity index (χ2n) is 8.90. The molecule has 1 fully saturated rings. The number of nitrogens with zero attached hydrogens (tertiary/aromatic N) is 1. The van der Waals surface area contributed by atoms with Gasteiger partial charge in [-0.15, -0.1) is 0 Å². The first-order valence-corrected chi connectivity index (χ1v) is 10.2. The summed E-state index contributed by atoms with van der Waals surface area (Å²) in [6, 6.07) is 11.6. The lowest BCUT2D eigenvalue weighted by molar-refractivity contribution is -0.0150. The molecule has 0 N–H and O–H groups in total. The Hall–Kier alpha value is -2.51. The van der Waals surface area contributed by atoms with Crippen LogP contribution in [0.3, 0.4) is 0 Å². The van der Waals surface area contributed by atoms with Gasteiger partial charge in [0.2, 0.25) is 0 Å². The van der Waals surface area contributed by atoms with E-state index < -0.39 is 0 Å². The molecule has 1 aromatic carbocycles. The van der Waals surface area contributed by atoms with E-state index in [1.807, 2.05) is 37.3 Å². The molecule has 4 heteroatoms. The van der Waals surface area contributed by atoms with Crippen LogP contribution in [0.5, 0.6) is 5.75 Å². The number of rotatable bonds is 6. The van der Waals surface area contributed by atoms with E-state index in [9.17, 15) is 4.79 Å². The molecule has 0 spiro atoms. The number of ether oxygens (including phenoxy) is 2. The normalized spacial score (nSPS) is 14.8. The van der Waals surface area contributed by atoms with Gasteiger partial charge in [-0.1, -0.05) is 44.7 Å². The van der Waals surface area contributed by atoms with Gasteiger partial charge in [0.25, 0.3) is 5.56 Å². The lowest BCUT2D eigenvalue weighted by Gasteiger charge is -2.29. The van der Waals surface area contributed by atoms with Gasteiger partial charge in [0, 0.05) is 30.4 Å². The number of aromatic nitrogens is 1. The quantitative estimate of drug-likeness (QED) is 0.683. The van der Waals surface area contributed by atoms with Gasteiger partial charge in [-0.2, -0.15) is 0 Å². The Bertz CT molecular complexity index is 951. The van der Waals surface area contributed by atoms with E-state index in [0.717, 1.165) is 16.8 Å². The van der Waals surface area contributed by atoms with E-state index in [1.54, 1.807) is 17.7 Å². The predicted molar refractivity (Wildman–Crippen MR) is 116 cm³/mol. The number of hydrogen-bond acceptors (Lipinski definition) is 3. The van der Waals surface area contributed by atoms with Gasteiger partial charge in [-0.3, -0.25) is 4.79 Å². The third kappa shape index (κ3) is 5.98. The SMILES string of the molecule is COC(COc1cc(C)n(Cc2ccc(C#CC3CC3)cc2)c(=O)c1)C(C)(C)C. The number of methoxy groups -OCH3 is 1. The van der Waals surface area contributed by atoms with Crippen LogP contribution in [0.4, 0.5) is 0 Å². The zero-order chi connectivity index (χ0) is 21.0. The molecule has 1 atom stereocenters. The van der Waals surface area contributed by atoms with Crippen molar-refractivity contribution in [3.63, 3.8) is 0 Å². The molecule has 0 saturated heterocycles. The summed E-state index contributed by atoms with van der Waals surface area (Å²) >= 11 is 0. The lowest BCUT2D eigenvalue weighted by atomic mass is 9.89. The van der Waals surface area contributed by atoms with Crippen LogP contribution in [0.25, 0.3) is 0 Å². The van der Waals surface area contributed by atoms with Gasteiger partial charge in [0.15, 0.2) is 0 Å². The summed E-state index contributed by atoms with van der Waals surface area (Å²) in [5.74, 6) is 7.67. The van der Waals surface area contributed by atoms with Crippen molar-refractivity contribution in [3.05, 3.63) is 63.6 Å². The fourth-order valence-electron chi connectivity index (χ4n) is 3.12. The maximum absolute atomic E-state index is 12.7. The molecule has 1 aromatic heterocycles. The molecular weight excluding hydrogens is 362 g/mol. The Morgan fingerprint density at radius 2 is 1.86 bits per heavy atom. The van der Waals surface area contributed by atoms with Crippen molar-refractivity contribution >= 4 is 0 Å². The smallest absolute Gasteiger partial charge is 0.254 e. The molecule has 2 aromatic rings. The highest BCUT2D eigenvalue weighted by Crippen LogP contribution is 2.27. The molecule has 0 bridgehead atoms. The van der Waals surface area contributed by atoms with Crippen molar-refractivity contribution in [2.24, 2.45) is 11.3 Å². The second-order valence-corrected chi connectivity index (χ2v) is 8.90. The average Bonchev–Trinajstić information content (AvgIpc) is 3.48. The van der Waals surface area contributed by atoms with Crippen molar-refractivity contribution in [1.29, 1.82) is 0 Å². The molecule has 29 heavy (non-hydrogen) atoms. The molecule has 0 amide bonds. The van der Waals surface area contributed by atoms with Crippen LogP contribution in [0, 0.1) is 30.1 Å². The van der Waals surface area contributed by atoms with E-state index in [2.05, 4.69) is 32.6 Å². The van der Waals surface area contributed by atoms with Gasteiger partial charge in [0.1, 0.15) is 12.4 Å². The van der Waals surface area contributed by atoms with E-state index >= 15 is 0 Å². The molecule has 1 saturated carbocycles. The van der Waals surface area contributed by atoms with Crippen LogP contribution in [-0.2, 0) is 11.3 Å². The largest absolute Gasteiger partial charge is 0.491 e. The van der Waals surface area contributed by atoms with Gasteiger partial charge in [-0.05, 0) is 48.9 Å². The Morgan fingerprint density at radius 1 is 1.17 bits per heavy atom. The second kappa shape index (κ2) is 8.88. The highest BCUT2D eigenvalue weighted by molar-refractivity contribution is 5.37. The molecule has 154 valence electrons. The third-order valence-corrected chi connectivity index (χ3v) is 5.25. The maximum atomic E-state index is 12.7. The van der Waals surface area contributed by atoms with Crippen molar-refractivity contribution in [2.75, 3.05) is 13.7 Å². The summed E-state index contributed by atoms with van der Waals surface area (Å²) in [4.78, 5) is 12.7. The van der Waals surface area contributed by atoms with Gasteiger partial charge in [0.05, 0.1) is 12.6 Å². The Balaban J connectivity index is 1.68. The van der Waals surface area contributed by atoms with Crippen molar-refractivity contribution in [2.45, 2.75) is 53.2 Å². The van der Waals surface area contributed by atoms with Crippen LogP contribution in [0.15, 0.2) is 41.2 Å². The van der Waals surface area contributed by atoms with E-state index in [4.69, 9.17) is 9.47 Å². The number of pyridine rings is 1. The molecule has 1 heterocycles. The van der Waals surface area contributed by atoms with E-state index in [1.165, 1.54) is 12.8 Å². The van der Waals surface area contributed by atoms with Crippen LogP contribution in [0.1, 0.15) is 50.4 Å². The summed E-state index contributed by atoms with van der Waals surface area (Å²) in [5.41, 5.74) is 2.87. The first kappa shape index (κ1) is 21.2. The average molecular weight is 394 g/mol. The topological polar surface area (TPSA) is 40.5 Å². The Kier molecular flexibility index (Phi) is 6.49. The summed E-state index contributed by atoms with van der Waals surface area (Å²) in [6.45, 7) is 9.20. The lowest BCUT2D eigenvalue weighted by Crippen LogP contribution is -2.34. The fraction of sp³-hybridized carbons (Fsp3) is 0.480. The van der Waals surface area contributed by atoms with Gasteiger partial charge in [-0.25, -0.2) is 0 Å². The van der Waals surface area contributed by atoms with E-state index in [0.29, 0.717) is 24.8 Å². The van der Waals surface area contributed by atoms with Crippen LogP contribution < -0.4 is 10.3 Å². The number of aryl methyl sites for hydroxylation is 1. The minimum absolute atomic E-state index is 0.0338. The van der Waals surface area contributed by atoms with Crippen molar-refractivity contribution in [3.8, 4) is 17.6 Å². The molecule has 0 radical (unpaired) electrons. The maximum Gasteiger partial charge on any atom is 0.254 e. The molecule has 1 aliphatic carbocycles. The summed E-state index contributed by atoms with van der Waals surface area (Å²) < 4.78 is 13.2. The van der Waals surface area contributed by atoms with Gasteiger partial charge < -0.3 is 14.0 Å². The monoisotopic (exact) mass is 393 g/mol. The minimum atomic E-state index is -0.0673. The molecular formula is C25H31NO3. The number of hydrogen-bond donors (Lipinski definition) is 0. The van der Waals surface area contributed by atoms with E-state index in [-0.39, 0.29) is 17.1 Å². The predicted octanol–water partition coefficient (Wildman–Crippen LogP) is 4.41. The fourth-order valence-corrected chi connectivity index (χ4v) is 3.12. The first-order chi connectivity index (χ1) is 13.8. The Labute approximate surface area is 173 Å². The molecule has 3 rings (SSSR count). The van der Waals surface area contributed by atoms with Crippen molar-refractivity contribution < 1.29 is 9.47 Å². The van der Waals surface area contributed by atoms with Gasteiger partial charge >= 0.3 is 0 Å². The highest BCUT2D eigenvalue weighted by Gasteiger charge is 2.25. The Morgan fingerprint density at radius 3 is 2.41 bits per heavy atom. The number of benzene rings is 1. The summed E-state index contributed by atoms with van der Waals surface area (Å²) in [6.07, 6.45) is 2.41. The van der Waals surface area contributed by atoms with Crippen molar-refractivity contribution in [1.82, 2.24) is 4.57 Å². The van der Waals surface area contributed by atoms with Crippen LogP contribution in [0.2, 0.25) is 0 Å². The summed E-state index contributed by atoms with van der Waals surface area (Å²) in [7, 11) is 1.69. The third-order valence-electron chi connectivity index (χ3n) is 5.25. The standard InChI is InChI=1S/C25H31NO3/c1-18-14-22(29-17-23(28-5)25(2,3)4)15-24(27)26(18)16-21-12-10-20(11-13-21)9-8-19-6-7-19/h10-15,19,23H,6-7,16-17H2,1-5H3. The highest BCUT2D eigenvalue weighted by atomic mass is 16.5. The molecule has 1 unspecified atom stereocenters. The summed E-state index contributed by atoms with van der Waals surface area (Å²) in [5, 5.41) is 0.